The van der Waals surface area contributed by atoms with Gasteiger partial charge < -0.3 is 10.1 Å². The van der Waals surface area contributed by atoms with Crippen molar-refractivity contribution in [2.45, 2.75) is 33.8 Å². The number of aryl methyl sites for hydroxylation is 3. The van der Waals surface area contributed by atoms with Crippen LogP contribution in [0.3, 0.4) is 0 Å². The number of benzene rings is 2. The molecule has 3 heteroatoms. The van der Waals surface area contributed by atoms with Crippen LogP contribution in [0, 0.1) is 20.8 Å². The molecule has 0 unspecified atom stereocenters. The van der Waals surface area contributed by atoms with Gasteiger partial charge in [-0.05, 0) is 57.0 Å². The van der Waals surface area contributed by atoms with Gasteiger partial charge in [0.25, 0.3) is 5.91 Å². The van der Waals surface area contributed by atoms with Gasteiger partial charge in [0, 0.05) is 5.69 Å². The summed E-state index contributed by atoms with van der Waals surface area (Å²) < 4.78 is 5.75. The summed E-state index contributed by atoms with van der Waals surface area (Å²) in [5.41, 5.74) is 4.11. The van der Waals surface area contributed by atoms with Crippen LogP contribution >= 0.6 is 0 Å². The third kappa shape index (κ3) is 4.09. The first-order valence-electron chi connectivity index (χ1n) is 7.07. The van der Waals surface area contributed by atoms with E-state index in [0.29, 0.717) is 0 Å². The van der Waals surface area contributed by atoms with Crippen molar-refractivity contribution < 1.29 is 9.53 Å². The van der Waals surface area contributed by atoms with Crippen LogP contribution in [0.25, 0.3) is 0 Å². The molecule has 0 aliphatic rings. The fourth-order valence-corrected chi connectivity index (χ4v) is 2.14. The molecule has 3 nitrogen and oxygen atoms in total. The zero-order valence-corrected chi connectivity index (χ0v) is 12.9. The molecule has 0 fully saturated rings. The van der Waals surface area contributed by atoms with Crippen molar-refractivity contribution in [3.8, 4) is 5.75 Å². The highest BCUT2D eigenvalue weighted by atomic mass is 16.5. The van der Waals surface area contributed by atoms with Crippen molar-refractivity contribution in [1.29, 1.82) is 0 Å². The Kier molecular flexibility index (Phi) is 4.63. The lowest BCUT2D eigenvalue weighted by Gasteiger charge is -2.16. The Bertz CT molecular complexity index is 649. The number of amides is 1. The smallest absolute Gasteiger partial charge is 0.265 e. The molecule has 0 saturated carbocycles. The summed E-state index contributed by atoms with van der Waals surface area (Å²) in [6.07, 6.45) is -0.549. The Morgan fingerprint density at radius 1 is 1.05 bits per heavy atom. The minimum absolute atomic E-state index is 0.152. The maximum absolute atomic E-state index is 12.2. The maximum atomic E-state index is 12.2. The van der Waals surface area contributed by atoms with Crippen LogP contribution in [-0.2, 0) is 4.79 Å². The van der Waals surface area contributed by atoms with Crippen molar-refractivity contribution in [3.05, 3.63) is 59.2 Å². The molecule has 0 heterocycles. The highest BCUT2D eigenvalue weighted by molar-refractivity contribution is 5.94. The molecule has 2 rings (SSSR count). The topological polar surface area (TPSA) is 38.3 Å². The van der Waals surface area contributed by atoms with Gasteiger partial charge in [-0.1, -0.05) is 29.8 Å². The number of nitrogens with one attached hydrogen (secondary N) is 1. The molecule has 0 radical (unpaired) electrons. The average molecular weight is 283 g/mol. The minimum atomic E-state index is -0.549. The number of hydrogen-bond donors (Lipinski definition) is 1. The van der Waals surface area contributed by atoms with Gasteiger partial charge in [0.2, 0.25) is 0 Å². The molecule has 2 aromatic rings. The Balaban J connectivity index is 2.02. The molecular formula is C18H21NO2. The van der Waals surface area contributed by atoms with Gasteiger partial charge in [-0.25, -0.2) is 0 Å². The van der Waals surface area contributed by atoms with E-state index in [1.807, 2.05) is 63.2 Å². The Hall–Kier alpha value is -2.29. The molecule has 0 aliphatic heterocycles. The van der Waals surface area contributed by atoms with Crippen molar-refractivity contribution in [3.63, 3.8) is 0 Å². The van der Waals surface area contributed by atoms with E-state index in [1.165, 1.54) is 5.56 Å². The summed E-state index contributed by atoms with van der Waals surface area (Å²) in [7, 11) is 0. The highest BCUT2D eigenvalue weighted by Gasteiger charge is 2.15. The van der Waals surface area contributed by atoms with E-state index < -0.39 is 6.10 Å². The second-order valence-electron chi connectivity index (χ2n) is 5.39. The average Bonchev–Trinajstić information content (AvgIpc) is 2.41. The van der Waals surface area contributed by atoms with Crippen LogP contribution in [0.5, 0.6) is 5.75 Å². The summed E-state index contributed by atoms with van der Waals surface area (Å²) in [5.74, 6) is 0.591. The van der Waals surface area contributed by atoms with Gasteiger partial charge in [-0.3, -0.25) is 4.79 Å². The Morgan fingerprint density at radius 3 is 2.43 bits per heavy atom. The number of rotatable bonds is 4. The molecule has 1 N–H and O–H groups in total. The molecule has 1 atom stereocenters. The molecular weight excluding hydrogens is 262 g/mol. The van der Waals surface area contributed by atoms with Gasteiger partial charge in [0.15, 0.2) is 6.10 Å². The first-order chi connectivity index (χ1) is 9.95. The lowest BCUT2D eigenvalue weighted by atomic mass is 10.1. The van der Waals surface area contributed by atoms with Crippen LogP contribution < -0.4 is 10.1 Å². The number of carbonyl (C=O) groups excluding carboxylic acids is 1. The summed E-state index contributed by atoms with van der Waals surface area (Å²) in [6.45, 7) is 7.76. The lowest BCUT2D eigenvalue weighted by Crippen LogP contribution is -2.30. The van der Waals surface area contributed by atoms with Gasteiger partial charge in [0.05, 0.1) is 0 Å². The SMILES string of the molecule is Cc1cccc(NC(=O)[C@H](C)Oc2ccc(C)cc2C)c1. The molecule has 21 heavy (non-hydrogen) atoms. The summed E-state index contributed by atoms with van der Waals surface area (Å²) in [5, 5.41) is 2.87. The van der Waals surface area contributed by atoms with Crippen molar-refractivity contribution in [2.75, 3.05) is 5.32 Å². The van der Waals surface area contributed by atoms with Crippen LogP contribution in [0.4, 0.5) is 5.69 Å². The summed E-state index contributed by atoms with van der Waals surface area (Å²) >= 11 is 0. The largest absolute Gasteiger partial charge is 0.481 e. The summed E-state index contributed by atoms with van der Waals surface area (Å²) in [4.78, 5) is 12.2. The van der Waals surface area contributed by atoms with E-state index in [4.69, 9.17) is 4.74 Å². The van der Waals surface area contributed by atoms with E-state index in [1.54, 1.807) is 6.92 Å². The lowest BCUT2D eigenvalue weighted by molar-refractivity contribution is -0.122. The van der Waals surface area contributed by atoms with Crippen LogP contribution in [0.2, 0.25) is 0 Å². The zero-order chi connectivity index (χ0) is 15.4. The van der Waals surface area contributed by atoms with Gasteiger partial charge in [-0.15, -0.1) is 0 Å². The molecule has 1 amide bonds. The molecule has 0 bridgehead atoms. The number of ether oxygens (including phenoxy) is 1. The quantitative estimate of drug-likeness (QED) is 0.920. The standard InChI is InChI=1S/C18H21NO2/c1-12-6-5-7-16(11-12)19-18(20)15(4)21-17-9-8-13(2)10-14(17)3/h5-11,15H,1-4H3,(H,19,20)/t15-/m0/s1. The normalized spacial score (nSPS) is 11.8. The van der Waals surface area contributed by atoms with E-state index in [-0.39, 0.29) is 5.91 Å². The minimum Gasteiger partial charge on any atom is -0.481 e. The molecule has 110 valence electrons. The van der Waals surface area contributed by atoms with Crippen molar-refractivity contribution in [2.24, 2.45) is 0 Å². The first-order valence-corrected chi connectivity index (χ1v) is 7.07. The molecule has 2 aromatic carbocycles. The van der Waals surface area contributed by atoms with Gasteiger partial charge >= 0.3 is 0 Å². The number of anilines is 1. The number of hydrogen-bond acceptors (Lipinski definition) is 2. The van der Waals surface area contributed by atoms with Crippen LogP contribution in [-0.4, -0.2) is 12.0 Å². The fourth-order valence-electron chi connectivity index (χ4n) is 2.14. The maximum Gasteiger partial charge on any atom is 0.265 e. The van der Waals surface area contributed by atoms with Crippen molar-refractivity contribution in [1.82, 2.24) is 0 Å². The van der Waals surface area contributed by atoms with Gasteiger partial charge in [-0.2, -0.15) is 0 Å². The third-order valence-corrected chi connectivity index (χ3v) is 3.29. The first kappa shape index (κ1) is 15.1. The van der Waals surface area contributed by atoms with Crippen molar-refractivity contribution >= 4 is 11.6 Å². The molecule has 0 aromatic heterocycles. The second kappa shape index (κ2) is 6.44. The predicted molar refractivity (Wildman–Crippen MR) is 85.8 cm³/mol. The molecule has 0 saturated heterocycles. The number of carbonyl (C=O) groups is 1. The van der Waals surface area contributed by atoms with Crippen LogP contribution in [0.15, 0.2) is 42.5 Å². The van der Waals surface area contributed by atoms with E-state index in [0.717, 1.165) is 22.6 Å². The van der Waals surface area contributed by atoms with E-state index in [2.05, 4.69) is 5.32 Å². The highest BCUT2D eigenvalue weighted by Crippen LogP contribution is 2.20. The molecule has 0 aliphatic carbocycles. The second-order valence-corrected chi connectivity index (χ2v) is 5.39. The Morgan fingerprint density at radius 2 is 1.76 bits per heavy atom. The van der Waals surface area contributed by atoms with E-state index in [9.17, 15) is 4.79 Å². The predicted octanol–water partition coefficient (Wildman–Crippen LogP) is 4.02. The fraction of sp³-hybridized carbons (Fsp3) is 0.278. The third-order valence-electron chi connectivity index (χ3n) is 3.29. The zero-order valence-electron chi connectivity index (χ0n) is 12.9. The summed E-state index contributed by atoms with van der Waals surface area (Å²) in [6, 6.07) is 13.6. The van der Waals surface area contributed by atoms with E-state index >= 15 is 0 Å². The monoisotopic (exact) mass is 283 g/mol. The Labute approximate surface area is 126 Å². The van der Waals surface area contributed by atoms with Gasteiger partial charge in [0.1, 0.15) is 5.75 Å². The molecule has 0 spiro atoms. The van der Waals surface area contributed by atoms with Crippen LogP contribution in [0.1, 0.15) is 23.6 Å².